The number of para-hydroxylation sites is 1. The SMILES string of the molecule is O=C(c1ccccc1)c1cccn1Cc1cc2ccccc2oc1=O. The van der Waals surface area contributed by atoms with Crippen LogP contribution in [-0.2, 0) is 6.54 Å². The van der Waals surface area contributed by atoms with Crippen LogP contribution >= 0.6 is 0 Å². The lowest BCUT2D eigenvalue weighted by Crippen LogP contribution is -2.15. The van der Waals surface area contributed by atoms with Gasteiger partial charge in [0.2, 0.25) is 5.78 Å². The molecule has 0 radical (unpaired) electrons. The molecule has 2 heterocycles. The monoisotopic (exact) mass is 329 g/mol. The number of hydrogen-bond acceptors (Lipinski definition) is 3. The number of nitrogens with zero attached hydrogens (tertiary/aromatic N) is 1. The van der Waals surface area contributed by atoms with E-state index in [0.717, 1.165) is 5.39 Å². The third-order valence-corrected chi connectivity index (χ3v) is 4.15. The van der Waals surface area contributed by atoms with Crippen LogP contribution in [-0.4, -0.2) is 10.4 Å². The topological polar surface area (TPSA) is 52.2 Å². The maximum absolute atomic E-state index is 12.7. The smallest absolute Gasteiger partial charge is 0.341 e. The van der Waals surface area contributed by atoms with Crippen molar-refractivity contribution >= 4 is 16.8 Å². The van der Waals surface area contributed by atoms with Gasteiger partial charge in [0.25, 0.3) is 0 Å². The summed E-state index contributed by atoms with van der Waals surface area (Å²) in [6.07, 6.45) is 1.80. The van der Waals surface area contributed by atoms with Crippen molar-refractivity contribution in [2.24, 2.45) is 0 Å². The predicted octanol–water partition coefficient (Wildman–Crippen LogP) is 3.87. The maximum Gasteiger partial charge on any atom is 0.341 e. The van der Waals surface area contributed by atoms with Crippen molar-refractivity contribution in [3.8, 4) is 0 Å². The van der Waals surface area contributed by atoms with Crippen LogP contribution in [0.1, 0.15) is 21.6 Å². The Morgan fingerprint density at radius 1 is 0.920 bits per heavy atom. The van der Waals surface area contributed by atoms with E-state index >= 15 is 0 Å². The van der Waals surface area contributed by atoms with Crippen LogP contribution in [0.5, 0.6) is 0 Å². The molecule has 4 aromatic rings. The van der Waals surface area contributed by atoms with E-state index in [1.165, 1.54) is 0 Å². The molecule has 0 N–H and O–H groups in total. The first kappa shape index (κ1) is 15.1. The second-order valence-corrected chi connectivity index (χ2v) is 5.81. The molecule has 0 aliphatic rings. The van der Waals surface area contributed by atoms with E-state index < -0.39 is 0 Å². The first-order valence-electron chi connectivity index (χ1n) is 7.99. The van der Waals surface area contributed by atoms with Crippen LogP contribution < -0.4 is 5.63 Å². The molecule has 4 heteroatoms. The van der Waals surface area contributed by atoms with Gasteiger partial charge in [0.1, 0.15) is 5.58 Å². The molecule has 0 atom stereocenters. The molecule has 0 fully saturated rings. The zero-order chi connectivity index (χ0) is 17.2. The van der Waals surface area contributed by atoms with E-state index in [1.54, 1.807) is 41.1 Å². The molecule has 0 amide bonds. The highest BCUT2D eigenvalue weighted by molar-refractivity contribution is 6.08. The summed E-state index contributed by atoms with van der Waals surface area (Å²) in [4.78, 5) is 24.9. The first-order chi connectivity index (χ1) is 12.2. The number of carbonyl (C=O) groups is 1. The molecular formula is C21H15NO3. The van der Waals surface area contributed by atoms with E-state index in [9.17, 15) is 9.59 Å². The fraction of sp³-hybridized carbons (Fsp3) is 0.0476. The Kier molecular flexibility index (Phi) is 3.78. The number of rotatable bonds is 4. The largest absolute Gasteiger partial charge is 0.422 e. The van der Waals surface area contributed by atoms with Crippen molar-refractivity contribution in [1.29, 1.82) is 0 Å². The summed E-state index contributed by atoms with van der Waals surface area (Å²) in [5, 5.41) is 0.861. The lowest BCUT2D eigenvalue weighted by atomic mass is 10.1. The molecule has 2 aromatic heterocycles. The van der Waals surface area contributed by atoms with E-state index in [1.807, 2.05) is 42.5 Å². The molecule has 0 bridgehead atoms. The Morgan fingerprint density at radius 3 is 2.52 bits per heavy atom. The third kappa shape index (κ3) is 2.90. The van der Waals surface area contributed by atoms with Crippen molar-refractivity contribution < 1.29 is 9.21 Å². The van der Waals surface area contributed by atoms with Crippen molar-refractivity contribution in [3.05, 3.63) is 106 Å². The minimum absolute atomic E-state index is 0.0734. The Labute approximate surface area is 144 Å². The molecule has 122 valence electrons. The van der Waals surface area contributed by atoms with Gasteiger partial charge < -0.3 is 8.98 Å². The van der Waals surface area contributed by atoms with Gasteiger partial charge in [-0.05, 0) is 24.3 Å². The number of fused-ring (bicyclic) bond motifs is 1. The number of hydrogen-bond donors (Lipinski definition) is 0. The quantitative estimate of drug-likeness (QED) is 0.422. The average Bonchev–Trinajstić information content (AvgIpc) is 3.10. The summed E-state index contributed by atoms with van der Waals surface area (Å²) < 4.78 is 7.15. The van der Waals surface area contributed by atoms with Crippen LogP contribution in [0, 0.1) is 0 Å². The van der Waals surface area contributed by atoms with Gasteiger partial charge in [-0.3, -0.25) is 4.79 Å². The first-order valence-corrected chi connectivity index (χ1v) is 7.99. The Bertz CT molecular complexity index is 1110. The molecule has 0 unspecified atom stereocenters. The molecule has 0 aliphatic heterocycles. The minimum Gasteiger partial charge on any atom is -0.422 e. The molecule has 4 rings (SSSR count). The van der Waals surface area contributed by atoms with Gasteiger partial charge in [0.15, 0.2) is 0 Å². The second kappa shape index (κ2) is 6.24. The summed E-state index contributed by atoms with van der Waals surface area (Å²) in [5.41, 5.74) is 1.85. The van der Waals surface area contributed by atoms with Crippen LogP contribution in [0.4, 0.5) is 0 Å². The van der Waals surface area contributed by atoms with E-state index in [0.29, 0.717) is 22.4 Å². The van der Waals surface area contributed by atoms with E-state index in [2.05, 4.69) is 0 Å². The average molecular weight is 329 g/mol. The Morgan fingerprint density at radius 2 is 1.68 bits per heavy atom. The molecule has 0 saturated heterocycles. The van der Waals surface area contributed by atoms with Crippen LogP contribution in [0.2, 0.25) is 0 Å². The molecule has 0 saturated carbocycles. The lowest BCUT2D eigenvalue weighted by Gasteiger charge is -2.09. The van der Waals surface area contributed by atoms with Crippen molar-refractivity contribution in [1.82, 2.24) is 4.57 Å². The summed E-state index contributed by atoms with van der Waals surface area (Å²) in [6.45, 7) is 0.286. The van der Waals surface area contributed by atoms with Gasteiger partial charge >= 0.3 is 5.63 Å². The Hall–Kier alpha value is -3.40. The van der Waals surface area contributed by atoms with Crippen molar-refractivity contribution in [2.75, 3.05) is 0 Å². The molecule has 0 spiro atoms. The normalized spacial score (nSPS) is 10.9. The Balaban J connectivity index is 1.71. The predicted molar refractivity (Wildman–Crippen MR) is 95.9 cm³/mol. The zero-order valence-corrected chi connectivity index (χ0v) is 13.4. The second-order valence-electron chi connectivity index (χ2n) is 5.81. The summed E-state index contributed by atoms with van der Waals surface area (Å²) in [5.74, 6) is -0.0734. The van der Waals surface area contributed by atoms with Crippen molar-refractivity contribution in [3.63, 3.8) is 0 Å². The fourth-order valence-corrected chi connectivity index (χ4v) is 2.89. The van der Waals surface area contributed by atoms with Gasteiger partial charge in [-0.15, -0.1) is 0 Å². The lowest BCUT2D eigenvalue weighted by molar-refractivity contribution is 0.103. The molecule has 4 nitrogen and oxygen atoms in total. The van der Waals surface area contributed by atoms with Gasteiger partial charge in [-0.25, -0.2) is 4.79 Å². The summed E-state index contributed by atoms with van der Waals surface area (Å²) in [7, 11) is 0. The molecule has 25 heavy (non-hydrogen) atoms. The highest BCUT2D eigenvalue weighted by atomic mass is 16.4. The van der Waals surface area contributed by atoms with E-state index in [4.69, 9.17) is 4.42 Å². The minimum atomic E-state index is -0.384. The zero-order valence-electron chi connectivity index (χ0n) is 13.4. The number of aromatic nitrogens is 1. The fourth-order valence-electron chi connectivity index (χ4n) is 2.89. The summed E-state index contributed by atoms with van der Waals surface area (Å²) in [6, 6.07) is 21.9. The van der Waals surface area contributed by atoms with Gasteiger partial charge in [0.05, 0.1) is 17.8 Å². The maximum atomic E-state index is 12.7. The summed E-state index contributed by atoms with van der Waals surface area (Å²) >= 11 is 0. The van der Waals surface area contributed by atoms with Gasteiger partial charge in [-0.2, -0.15) is 0 Å². The van der Waals surface area contributed by atoms with Crippen molar-refractivity contribution in [2.45, 2.75) is 6.54 Å². The standard InChI is InChI=1S/C21H15NO3/c23-20(15-7-2-1-3-8-15)18-10-6-12-22(18)14-17-13-16-9-4-5-11-19(16)25-21(17)24/h1-13H,14H2. The third-order valence-electron chi connectivity index (χ3n) is 4.15. The molecule has 0 aliphatic carbocycles. The molecular weight excluding hydrogens is 314 g/mol. The molecule has 2 aromatic carbocycles. The van der Waals surface area contributed by atoms with Gasteiger partial charge in [-0.1, -0.05) is 48.5 Å². The van der Waals surface area contributed by atoms with E-state index in [-0.39, 0.29) is 18.0 Å². The highest BCUT2D eigenvalue weighted by Crippen LogP contribution is 2.16. The highest BCUT2D eigenvalue weighted by Gasteiger charge is 2.14. The number of carbonyl (C=O) groups excluding carboxylic acids is 1. The van der Waals surface area contributed by atoms with Crippen LogP contribution in [0.15, 0.2) is 88.2 Å². The van der Waals surface area contributed by atoms with Crippen LogP contribution in [0.25, 0.3) is 11.0 Å². The van der Waals surface area contributed by atoms with Crippen LogP contribution in [0.3, 0.4) is 0 Å². The number of ketones is 1. The van der Waals surface area contributed by atoms with Gasteiger partial charge in [0, 0.05) is 17.1 Å². The number of benzene rings is 2.